The van der Waals surface area contributed by atoms with Crippen molar-refractivity contribution < 1.29 is 18.3 Å². The molecule has 0 fully saturated rings. The number of aryl methyl sites for hydroxylation is 1. The first-order valence-electron chi connectivity index (χ1n) is 8.36. The Hall–Kier alpha value is -2.94. The molecule has 0 radical (unpaired) electrons. The molecule has 0 saturated heterocycles. The molecule has 9 heteroatoms. The fraction of sp³-hybridized carbons (Fsp3) is 0.278. The summed E-state index contributed by atoms with van der Waals surface area (Å²) in [5.74, 6) is -3.65. The molecule has 0 saturated carbocycles. The van der Waals surface area contributed by atoms with Crippen LogP contribution in [0.1, 0.15) is 24.9 Å². The third kappa shape index (κ3) is 4.25. The highest BCUT2D eigenvalue weighted by Gasteiger charge is 2.17. The molecule has 0 aliphatic carbocycles. The maximum atomic E-state index is 13.4. The SMILES string of the molecule is CC[C@H](O)Cc1nc(Nc2cc(F)c(F)c(F)c2)nn1-c1ccnc(C)c1. The van der Waals surface area contributed by atoms with Crippen LogP contribution in [-0.4, -0.2) is 31.0 Å². The molecule has 1 aromatic carbocycles. The van der Waals surface area contributed by atoms with Gasteiger partial charge in [0.15, 0.2) is 17.5 Å². The minimum atomic E-state index is -1.54. The van der Waals surface area contributed by atoms with E-state index in [2.05, 4.69) is 20.4 Å². The zero-order valence-electron chi connectivity index (χ0n) is 14.7. The molecule has 3 rings (SSSR count). The van der Waals surface area contributed by atoms with Crippen LogP contribution in [-0.2, 0) is 6.42 Å². The monoisotopic (exact) mass is 377 g/mol. The highest BCUT2D eigenvalue weighted by molar-refractivity contribution is 5.53. The van der Waals surface area contributed by atoms with Crippen molar-refractivity contribution in [1.29, 1.82) is 0 Å². The summed E-state index contributed by atoms with van der Waals surface area (Å²) in [6.07, 6.45) is 1.76. The Morgan fingerprint density at radius 2 is 1.89 bits per heavy atom. The second-order valence-electron chi connectivity index (χ2n) is 6.06. The molecule has 0 bridgehead atoms. The van der Waals surface area contributed by atoms with Gasteiger partial charge in [0.1, 0.15) is 5.82 Å². The highest BCUT2D eigenvalue weighted by Crippen LogP contribution is 2.21. The lowest BCUT2D eigenvalue weighted by Gasteiger charge is -2.09. The lowest BCUT2D eigenvalue weighted by molar-refractivity contribution is 0.167. The zero-order valence-corrected chi connectivity index (χ0v) is 14.7. The second kappa shape index (κ2) is 7.75. The molecule has 3 aromatic rings. The average molecular weight is 377 g/mol. The molecular formula is C18H18F3N5O. The molecule has 0 amide bonds. The number of aliphatic hydroxyl groups is 1. The van der Waals surface area contributed by atoms with Crippen LogP contribution in [0.2, 0.25) is 0 Å². The normalized spacial score (nSPS) is 12.2. The number of aliphatic hydroxyl groups excluding tert-OH is 1. The molecule has 1 atom stereocenters. The van der Waals surface area contributed by atoms with Crippen LogP contribution in [0.5, 0.6) is 0 Å². The van der Waals surface area contributed by atoms with Crippen LogP contribution >= 0.6 is 0 Å². The van der Waals surface area contributed by atoms with Crippen LogP contribution in [0.15, 0.2) is 30.5 Å². The Morgan fingerprint density at radius 1 is 1.19 bits per heavy atom. The summed E-state index contributed by atoms with van der Waals surface area (Å²) in [5.41, 5.74) is 1.41. The van der Waals surface area contributed by atoms with E-state index in [4.69, 9.17) is 0 Å². The lowest BCUT2D eigenvalue weighted by Crippen LogP contribution is -2.13. The van der Waals surface area contributed by atoms with Crippen molar-refractivity contribution in [3.63, 3.8) is 0 Å². The first-order valence-corrected chi connectivity index (χ1v) is 8.36. The first-order chi connectivity index (χ1) is 12.9. The molecule has 2 N–H and O–H groups in total. The van der Waals surface area contributed by atoms with Crippen molar-refractivity contribution in [3.8, 4) is 5.69 Å². The molecule has 6 nitrogen and oxygen atoms in total. The zero-order chi connectivity index (χ0) is 19.6. The van der Waals surface area contributed by atoms with E-state index in [0.29, 0.717) is 17.9 Å². The van der Waals surface area contributed by atoms with E-state index in [9.17, 15) is 18.3 Å². The fourth-order valence-corrected chi connectivity index (χ4v) is 2.51. The van der Waals surface area contributed by atoms with Gasteiger partial charge >= 0.3 is 0 Å². The van der Waals surface area contributed by atoms with Crippen LogP contribution < -0.4 is 5.32 Å². The van der Waals surface area contributed by atoms with E-state index in [0.717, 1.165) is 17.8 Å². The molecular weight excluding hydrogens is 359 g/mol. The van der Waals surface area contributed by atoms with E-state index in [-0.39, 0.29) is 18.1 Å². The van der Waals surface area contributed by atoms with Gasteiger partial charge in [-0.2, -0.15) is 4.98 Å². The minimum Gasteiger partial charge on any atom is -0.393 e. The molecule has 2 aromatic heterocycles. The van der Waals surface area contributed by atoms with Crippen LogP contribution in [0.25, 0.3) is 5.69 Å². The third-order valence-electron chi connectivity index (χ3n) is 3.93. The van der Waals surface area contributed by atoms with Gasteiger partial charge in [0, 0.05) is 36.1 Å². The van der Waals surface area contributed by atoms with Gasteiger partial charge in [-0.3, -0.25) is 4.98 Å². The van der Waals surface area contributed by atoms with E-state index < -0.39 is 23.6 Å². The number of halogens is 3. The number of anilines is 2. The molecule has 142 valence electrons. The van der Waals surface area contributed by atoms with Gasteiger partial charge in [0.2, 0.25) is 5.95 Å². The van der Waals surface area contributed by atoms with Crippen molar-refractivity contribution >= 4 is 11.6 Å². The summed E-state index contributed by atoms with van der Waals surface area (Å²) in [4.78, 5) is 8.43. The fourth-order valence-electron chi connectivity index (χ4n) is 2.51. The molecule has 2 heterocycles. The van der Waals surface area contributed by atoms with Crippen molar-refractivity contribution in [3.05, 3.63) is 59.4 Å². The predicted octanol–water partition coefficient (Wildman–Crippen LogP) is 3.45. The van der Waals surface area contributed by atoms with Crippen molar-refractivity contribution in [2.45, 2.75) is 32.8 Å². The maximum Gasteiger partial charge on any atom is 0.247 e. The van der Waals surface area contributed by atoms with Crippen LogP contribution in [0.3, 0.4) is 0 Å². The van der Waals surface area contributed by atoms with Gasteiger partial charge in [0.05, 0.1) is 11.8 Å². The summed E-state index contributed by atoms with van der Waals surface area (Å²) in [7, 11) is 0. The smallest absolute Gasteiger partial charge is 0.247 e. The van der Waals surface area contributed by atoms with Gasteiger partial charge in [-0.15, -0.1) is 5.10 Å². The van der Waals surface area contributed by atoms with Gasteiger partial charge in [-0.1, -0.05) is 6.92 Å². The summed E-state index contributed by atoms with van der Waals surface area (Å²) >= 11 is 0. The standard InChI is InChI=1S/C18H18F3N5O/c1-3-13(27)9-16-24-18(23-11-7-14(19)17(21)15(20)8-11)25-26(16)12-4-5-22-10(2)6-12/h4-8,13,27H,3,9H2,1-2H3,(H,23,25)/t13-/m0/s1. The Bertz CT molecular complexity index is 937. The van der Waals surface area contributed by atoms with E-state index in [1.54, 1.807) is 18.3 Å². The number of benzene rings is 1. The molecule has 0 aliphatic rings. The summed E-state index contributed by atoms with van der Waals surface area (Å²) in [5, 5.41) is 17.0. The van der Waals surface area contributed by atoms with Gasteiger partial charge in [-0.25, -0.2) is 17.9 Å². The Kier molecular flexibility index (Phi) is 5.41. The molecule has 27 heavy (non-hydrogen) atoms. The van der Waals surface area contributed by atoms with E-state index in [1.165, 1.54) is 4.68 Å². The van der Waals surface area contributed by atoms with Crippen molar-refractivity contribution in [1.82, 2.24) is 19.7 Å². The van der Waals surface area contributed by atoms with E-state index >= 15 is 0 Å². The number of nitrogens with zero attached hydrogens (tertiary/aromatic N) is 4. The van der Waals surface area contributed by atoms with Crippen molar-refractivity contribution in [2.75, 3.05) is 5.32 Å². The van der Waals surface area contributed by atoms with Crippen LogP contribution in [0, 0.1) is 24.4 Å². The summed E-state index contributed by atoms with van der Waals surface area (Å²) in [6.45, 7) is 3.66. The average Bonchev–Trinajstić information content (AvgIpc) is 3.01. The number of pyridine rings is 1. The van der Waals surface area contributed by atoms with Gasteiger partial charge in [0.25, 0.3) is 0 Å². The number of nitrogens with one attached hydrogen (secondary N) is 1. The predicted molar refractivity (Wildman–Crippen MR) is 93.5 cm³/mol. The third-order valence-corrected chi connectivity index (χ3v) is 3.93. The number of hydrogen-bond acceptors (Lipinski definition) is 5. The minimum absolute atomic E-state index is 0.0305. The van der Waals surface area contributed by atoms with E-state index in [1.807, 2.05) is 13.8 Å². The van der Waals surface area contributed by atoms with Gasteiger partial charge < -0.3 is 10.4 Å². The molecule has 0 aliphatic heterocycles. The Labute approximate surface area is 153 Å². The maximum absolute atomic E-state index is 13.4. The lowest BCUT2D eigenvalue weighted by atomic mass is 10.2. The quantitative estimate of drug-likeness (QED) is 0.644. The summed E-state index contributed by atoms with van der Waals surface area (Å²) < 4.78 is 41.5. The second-order valence-corrected chi connectivity index (χ2v) is 6.06. The largest absolute Gasteiger partial charge is 0.393 e. The Morgan fingerprint density at radius 3 is 2.52 bits per heavy atom. The van der Waals surface area contributed by atoms with Crippen molar-refractivity contribution in [2.24, 2.45) is 0 Å². The highest BCUT2D eigenvalue weighted by atomic mass is 19.2. The topological polar surface area (TPSA) is 75.9 Å². The number of hydrogen-bond donors (Lipinski definition) is 2. The Balaban J connectivity index is 1.98. The number of rotatable bonds is 6. The first kappa shape index (κ1) is 18.8. The summed E-state index contributed by atoms with van der Waals surface area (Å²) in [6, 6.07) is 5.15. The van der Waals surface area contributed by atoms with Gasteiger partial charge in [-0.05, 0) is 25.5 Å². The van der Waals surface area contributed by atoms with Crippen LogP contribution in [0.4, 0.5) is 24.8 Å². The molecule has 0 unspecified atom stereocenters. The molecule has 0 spiro atoms. The number of aromatic nitrogens is 4.